The van der Waals surface area contributed by atoms with Crippen LogP contribution in [0.3, 0.4) is 0 Å². The fourth-order valence-corrected chi connectivity index (χ4v) is 2.00. The van der Waals surface area contributed by atoms with Crippen molar-refractivity contribution in [1.29, 1.82) is 0 Å². The molecular weight excluding hydrogens is 204 g/mol. The van der Waals surface area contributed by atoms with Crippen molar-refractivity contribution in [3.8, 4) is 0 Å². The van der Waals surface area contributed by atoms with Crippen LogP contribution in [-0.4, -0.2) is 11.0 Å². The van der Waals surface area contributed by atoms with Crippen molar-refractivity contribution in [3.63, 3.8) is 0 Å². The van der Waals surface area contributed by atoms with E-state index in [1.807, 2.05) is 11.6 Å². The largest absolute Gasteiger partial charge is 0.309 e. The third-order valence-corrected chi connectivity index (χ3v) is 3.05. The molecule has 1 N–H and O–H groups in total. The molecule has 0 saturated heterocycles. The van der Waals surface area contributed by atoms with Crippen LogP contribution < -0.4 is 5.32 Å². The van der Waals surface area contributed by atoms with Crippen molar-refractivity contribution in [1.82, 2.24) is 10.3 Å². The Bertz CT molecular complexity index is 257. The van der Waals surface area contributed by atoms with Crippen LogP contribution in [0.4, 0.5) is 0 Å². The zero-order valence-corrected chi connectivity index (χ0v) is 10.2. The molecule has 84 valence electrons. The Morgan fingerprint density at radius 3 is 3.13 bits per heavy atom. The normalized spacial score (nSPS) is 12.6. The molecule has 2 nitrogen and oxygen atoms in total. The number of aromatic nitrogens is 1. The first-order chi connectivity index (χ1) is 7.33. The summed E-state index contributed by atoms with van der Waals surface area (Å²) in [6, 6.07) is 0.580. The minimum absolute atomic E-state index is 0.580. The van der Waals surface area contributed by atoms with E-state index in [1.54, 1.807) is 11.3 Å². The Morgan fingerprint density at radius 2 is 2.47 bits per heavy atom. The number of rotatable bonds is 8. The molecule has 3 heteroatoms. The lowest BCUT2D eigenvalue weighted by molar-refractivity contribution is 0.487. The molecule has 1 aromatic rings. The summed E-state index contributed by atoms with van der Waals surface area (Å²) < 4.78 is 0. The van der Waals surface area contributed by atoms with E-state index in [0.29, 0.717) is 6.04 Å². The summed E-state index contributed by atoms with van der Waals surface area (Å²) in [4.78, 5) is 4.24. The predicted octanol–water partition coefficient (Wildman–Crippen LogP) is 3.37. The highest BCUT2D eigenvalue weighted by Gasteiger charge is 2.01. The van der Waals surface area contributed by atoms with Crippen LogP contribution in [0, 0.1) is 0 Å². The van der Waals surface area contributed by atoms with Crippen molar-refractivity contribution >= 4 is 11.3 Å². The Balaban J connectivity index is 2.03. The summed E-state index contributed by atoms with van der Waals surface area (Å²) in [5, 5.41) is 5.57. The lowest BCUT2D eigenvalue weighted by Crippen LogP contribution is -2.25. The minimum atomic E-state index is 0.580. The number of nitrogens with zero attached hydrogens (tertiary/aromatic N) is 1. The monoisotopic (exact) mass is 224 g/mol. The summed E-state index contributed by atoms with van der Waals surface area (Å²) in [5.74, 6) is 0. The van der Waals surface area contributed by atoms with Crippen molar-refractivity contribution in [3.05, 3.63) is 29.2 Å². The summed E-state index contributed by atoms with van der Waals surface area (Å²) >= 11 is 1.65. The fourth-order valence-electron chi connectivity index (χ4n) is 1.44. The van der Waals surface area contributed by atoms with Gasteiger partial charge >= 0.3 is 0 Å². The molecule has 1 atom stereocenters. The van der Waals surface area contributed by atoms with Crippen LogP contribution in [0.25, 0.3) is 0 Å². The second-order valence-electron chi connectivity index (χ2n) is 3.83. The molecule has 1 unspecified atom stereocenters. The van der Waals surface area contributed by atoms with Gasteiger partial charge in [0.15, 0.2) is 0 Å². The Labute approximate surface area is 96.4 Å². The molecule has 0 aliphatic rings. The molecule has 15 heavy (non-hydrogen) atoms. The number of nitrogens with one attached hydrogen (secondary N) is 1. The molecule has 0 amide bonds. The van der Waals surface area contributed by atoms with Gasteiger partial charge in [-0.2, -0.15) is 0 Å². The SMILES string of the molecule is C=CCCCCC(C)NCc1cscn1. The quantitative estimate of drug-likeness (QED) is 0.541. The van der Waals surface area contributed by atoms with Crippen molar-refractivity contribution < 1.29 is 0 Å². The average molecular weight is 224 g/mol. The molecule has 1 rings (SSSR count). The molecule has 0 aliphatic heterocycles. The smallest absolute Gasteiger partial charge is 0.0795 e. The maximum absolute atomic E-state index is 4.24. The van der Waals surface area contributed by atoms with Gasteiger partial charge in [0.05, 0.1) is 11.2 Å². The molecule has 0 radical (unpaired) electrons. The van der Waals surface area contributed by atoms with Crippen LogP contribution in [0.15, 0.2) is 23.5 Å². The Hall–Kier alpha value is -0.670. The summed E-state index contributed by atoms with van der Waals surface area (Å²) in [6.07, 6.45) is 6.90. The highest BCUT2D eigenvalue weighted by Crippen LogP contribution is 2.05. The van der Waals surface area contributed by atoms with E-state index in [9.17, 15) is 0 Å². The van der Waals surface area contributed by atoms with E-state index < -0.39 is 0 Å². The summed E-state index contributed by atoms with van der Waals surface area (Å²) in [7, 11) is 0. The van der Waals surface area contributed by atoms with Crippen molar-refractivity contribution in [2.24, 2.45) is 0 Å². The third-order valence-electron chi connectivity index (χ3n) is 2.41. The first-order valence-corrected chi connectivity index (χ1v) is 6.48. The molecule has 0 aliphatic carbocycles. The second-order valence-corrected chi connectivity index (χ2v) is 4.55. The maximum atomic E-state index is 4.24. The third kappa shape index (κ3) is 5.70. The maximum Gasteiger partial charge on any atom is 0.0795 e. The van der Waals surface area contributed by atoms with Gasteiger partial charge in [0.25, 0.3) is 0 Å². The van der Waals surface area contributed by atoms with E-state index in [4.69, 9.17) is 0 Å². The average Bonchev–Trinajstić information content (AvgIpc) is 2.74. The lowest BCUT2D eigenvalue weighted by atomic mass is 10.1. The van der Waals surface area contributed by atoms with Crippen LogP contribution >= 0.6 is 11.3 Å². The second kappa shape index (κ2) is 7.60. The number of hydrogen-bond donors (Lipinski definition) is 1. The van der Waals surface area contributed by atoms with Crippen LogP contribution in [0.2, 0.25) is 0 Å². The molecule has 0 bridgehead atoms. The Kier molecular flexibility index (Phi) is 6.28. The zero-order chi connectivity index (χ0) is 10.9. The molecule has 1 aromatic heterocycles. The molecule has 0 saturated carbocycles. The minimum Gasteiger partial charge on any atom is -0.309 e. The lowest BCUT2D eigenvalue weighted by Gasteiger charge is -2.12. The molecule has 0 aromatic carbocycles. The number of allylic oxidation sites excluding steroid dienone is 1. The van der Waals surface area contributed by atoms with E-state index in [2.05, 4.69) is 29.2 Å². The Morgan fingerprint density at radius 1 is 1.60 bits per heavy atom. The van der Waals surface area contributed by atoms with E-state index in [-0.39, 0.29) is 0 Å². The van der Waals surface area contributed by atoms with Crippen molar-refractivity contribution in [2.45, 2.75) is 45.2 Å². The standard InChI is InChI=1S/C12H20N2S/c1-3-4-5-6-7-11(2)13-8-12-9-15-10-14-12/h3,9-11,13H,1,4-8H2,2H3. The number of unbranched alkanes of at least 4 members (excludes halogenated alkanes) is 2. The first-order valence-electron chi connectivity index (χ1n) is 5.54. The van der Waals surface area contributed by atoms with Gasteiger partial charge in [-0.05, 0) is 26.2 Å². The van der Waals surface area contributed by atoms with Gasteiger partial charge in [-0.1, -0.05) is 12.5 Å². The number of thiazole rings is 1. The van der Waals surface area contributed by atoms with Gasteiger partial charge in [-0.3, -0.25) is 0 Å². The molecule has 0 fully saturated rings. The first kappa shape index (κ1) is 12.4. The zero-order valence-electron chi connectivity index (χ0n) is 9.41. The predicted molar refractivity (Wildman–Crippen MR) is 67.1 cm³/mol. The van der Waals surface area contributed by atoms with Gasteiger partial charge in [0.1, 0.15) is 0 Å². The van der Waals surface area contributed by atoms with Crippen LogP contribution in [0.1, 0.15) is 38.3 Å². The van der Waals surface area contributed by atoms with Gasteiger partial charge in [-0.25, -0.2) is 4.98 Å². The van der Waals surface area contributed by atoms with E-state index in [1.165, 1.54) is 19.3 Å². The van der Waals surface area contributed by atoms with Gasteiger partial charge in [0, 0.05) is 18.0 Å². The van der Waals surface area contributed by atoms with Gasteiger partial charge < -0.3 is 5.32 Å². The van der Waals surface area contributed by atoms with E-state index >= 15 is 0 Å². The highest BCUT2D eigenvalue weighted by atomic mass is 32.1. The topological polar surface area (TPSA) is 24.9 Å². The summed E-state index contributed by atoms with van der Waals surface area (Å²) in [6.45, 7) is 6.86. The van der Waals surface area contributed by atoms with E-state index in [0.717, 1.165) is 18.7 Å². The van der Waals surface area contributed by atoms with Crippen molar-refractivity contribution in [2.75, 3.05) is 0 Å². The van der Waals surface area contributed by atoms with Crippen LogP contribution in [-0.2, 0) is 6.54 Å². The van der Waals surface area contributed by atoms with Gasteiger partial charge in [0.2, 0.25) is 0 Å². The fraction of sp³-hybridized carbons (Fsp3) is 0.583. The van der Waals surface area contributed by atoms with Crippen LogP contribution in [0.5, 0.6) is 0 Å². The van der Waals surface area contributed by atoms with Gasteiger partial charge in [-0.15, -0.1) is 17.9 Å². The number of hydrogen-bond acceptors (Lipinski definition) is 3. The highest BCUT2D eigenvalue weighted by molar-refractivity contribution is 7.07. The molecule has 0 spiro atoms. The summed E-state index contributed by atoms with van der Waals surface area (Å²) in [5.41, 5.74) is 3.03. The molecular formula is C12H20N2S. The molecule has 1 heterocycles.